The summed E-state index contributed by atoms with van der Waals surface area (Å²) in [5.41, 5.74) is 0.740. The summed E-state index contributed by atoms with van der Waals surface area (Å²) < 4.78 is 48.4. The lowest BCUT2D eigenvalue weighted by atomic mass is 9.96. The quantitative estimate of drug-likeness (QED) is 0.695. The predicted octanol–water partition coefficient (Wildman–Crippen LogP) is 2.93. The number of nitrogens with zero attached hydrogens (tertiary/aromatic N) is 3. The van der Waals surface area contributed by atoms with Crippen molar-refractivity contribution in [3.63, 3.8) is 0 Å². The van der Waals surface area contributed by atoms with Crippen molar-refractivity contribution in [2.75, 3.05) is 38.4 Å². The number of carbonyl (C=O) groups is 1. The van der Waals surface area contributed by atoms with Crippen molar-refractivity contribution in [2.45, 2.75) is 24.7 Å². The first-order valence-electron chi connectivity index (χ1n) is 10.2. The monoisotopic (exact) mass is 464 g/mol. The number of nitrogens with one attached hydrogen (secondary N) is 1. The Balaban J connectivity index is 1.43. The van der Waals surface area contributed by atoms with Crippen molar-refractivity contribution in [3.8, 4) is 5.88 Å². The third-order valence-corrected chi connectivity index (χ3v) is 7.38. The maximum atomic E-state index is 14.4. The molecule has 2 heterocycles. The van der Waals surface area contributed by atoms with Crippen molar-refractivity contribution in [2.24, 2.45) is 11.3 Å². The van der Waals surface area contributed by atoms with E-state index in [9.17, 15) is 17.6 Å². The second kappa shape index (κ2) is 8.19. The number of benzene rings is 1. The Bertz CT molecular complexity index is 1160. The highest BCUT2D eigenvalue weighted by Gasteiger charge is 2.58. The maximum Gasteiger partial charge on any atom is 0.409 e. The van der Waals surface area contributed by atoms with E-state index in [0.717, 1.165) is 25.2 Å². The van der Waals surface area contributed by atoms with Gasteiger partial charge in [0.1, 0.15) is 18.0 Å². The van der Waals surface area contributed by atoms with E-state index < -0.39 is 15.7 Å². The molecule has 0 radical (unpaired) electrons. The van der Waals surface area contributed by atoms with Crippen LogP contribution >= 0.6 is 0 Å². The van der Waals surface area contributed by atoms with E-state index >= 15 is 0 Å². The van der Waals surface area contributed by atoms with Gasteiger partial charge in [-0.15, -0.1) is 0 Å². The van der Waals surface area contributed by atoms with E-state index in [1.807, 2.05) is 0 Å². The van der Waals surface area contributed by atoms with Gasteiger partial charge in [-0.05, 0) is 43.9 Å². The second-order valence-electron chi connectivity index (χ2n) is 8.41. The number of halogens is 1. The van der Waals surface area contributed by atoms with Gasteiger partial charge in [-0.3, -0.25) is 0 Å². The van der Waals surface area contributed by atoms with Gasteiger partial charge in [-0.1, -0.05) is 0 Å². The molecule has 1 aromatic carbocycles. The van der Waals surface area contributed by atoms with Crippen LogP contribution in [0, 0.1) is 24.1 Å². The van der Waals surface area contributed by atoms with Crippen LogP contribution in [0.4, 0.5) is 20.7 Å². The smallest absolute Gasteiger partial charge is 0.409 e. The largest absolute Gasteiger partial charge is 0.477 e. The van der Waals surface area contributed by atoms with E-state index in [0.29, 0.717) is 42.9 Å². The third kappa shape index (κ3) is 4.34. The lowest BCUT2D eigenvalue weighted by Gasteiger charge is -2.30. The van der Waals surface area contributed by atoms with Crippen LogP contribution in [0.15, 0.2) is 29.4 Å². The molecule has 32 heavy (non-hydrogen) atoms. The molecule has 1 saturated carbocycles. The van der Waals surface area contributed by atoms with E-state index in [2.05, 4.69) is 15.3 Å². The first-order chi connectivity index (χ1) is 15.1. The fraction of sp³-hybridized carbons (Fsp3) is 0.476. The fourth-order valence-electron chi connectivity index (χ4n) is 4.13. The molecule has 11 heteroatoms. The molecule has 2 aliphatic rings. The van der Waals surface area contributed by atoms with Crippen molar-refractivity contribution in [1.29, 1.82) is 0 Å². The van der Waals surface area contributed by atoms with E-state index in [-0.39, 0.29) is 22.1 Å². The molecular weight excluding hydrogens is 439 g/mol. The van der Waals surface area contributed by atoms with Crippen LogP contribution in [-0.2, 0) is 14.6 Å². The number of fused-ring (bicyclic) bond motifs is 1. The number of ether oxygens (including phenoxy) is 2. The van der Waals surface area contributed by atoms with Crippen LogP contribution in [0.1, 0.15) is 18.4 Å². The summed E-state index contributed by atoms with van der Waals surface area (Å²) in [5, 5.41) is 2.88. The Kier molecular flexibility index (Phi) is 5.70. The summed E-state index contributed by atoms with van der Waals surface area (Å²) >= 11 is 0. The summed E-state index contributed by atoms with van der Waals surface area (Å²) in [6.45, 7) is 3.53. The van der Waals surface area contributed by atoms with Gasteiger partial charge in [0.05, 0.1) is 29.9 Å². The van der Waals surface area contributed by atoms with Gasteiger partial charge in [-0.2, -0.15) is 0 Å². The van der Waals surface area contributed by atoms with E-state index in [1.165, 1.54) is 25.6 Å². The molecule has 4 rings (SSSR count). The topological polar surface area (TPSA) is 111 Å². The number of rotatable bonds is 6. The zero-order valence-electron chi connectivity index (χ0n) is 18.1. The van der Waals surface area contributed by atoms with Crippen LogP contribution in [0.3, 0.4) is 0 Å². The number of carbonyl (C=O) groups excluding carboxylic acids is 1. The molecule has 0 spiro atoms. The lowest BCUT2D eigenvalue weighted by Crippen LogP contribution is -2.40. The highest BCUT2D eigenvalue weighted by Crippen LogP contribution is 2.58. The summed E-state index contributed by atoms with van der Waals surface area (Å²) in [5.74, 6) is 0.431. The molecule has 1 aliphatic heterocycles. The van der Waals surface area contributed by atoms with E-state index in [4.69, 9.17) is 9.47 Å². The van der Waals surface area contributed by atoms with E-state index in [1.54, 1.807) is 11.8 Å². The molecule has 9 nitrogen and oxygen atoms in total. The minimum absolute atomic E-state index is 0.0308. The number of anilines is 2. The normalized spacial score (nSPS) is 22.1. The highest BCUT2D eigenvalue weighted by molar-refractivity contribution is 7.90. The fourth-order valence-corrected chi connectivity index (χ4v) is 4.76. The second-order valence-corrected chi connectivity index (χ2v) is 10.4. The SMILES string of the molecule is COC(=O)N1CCC2(COc3ncnc(Nc4ccc(S(C)(=O)=O)cc4F)c3C)CC2C1. The maximum absolute atomic E-state index is 14.4. The molecule has 2 atom stereocenters. The zero-order chi connectivity index (χ0) is 23.1. The van der Waals surface area contributed by atoms with Crippen LogP contribution < -0.4 is 10.1 Å². The number of hydrogen-bond acceptors (Lipinski definition) is 8. The van der Waals surface area contributed by atoms with Gasteiger partial charge in [0.15, 0.2) is 9.84 Å². The van der Waals surface area contributed by atoms with Crippen molar-refractivity contribution >= 4 is 27.4 Å². The standard InChI is InChI=1S/C21H25FN4O5S/c1-13-18(25-17-5-4-15(8-16(17)22)32(3,28)29)23-12-24-19(13)31-11-21-6-7-26(20(27)30-2)10-14(21)9-21/h4-5,8,12,14H,6-7,9-11H2,1-3H3,(H,23,24,25). The lowest BCUT2D eigenvalue weighted by molar-refractivity contribution is 0.0922. The third-order valence-electron chi connectivity index (χ3n) is 6.27. The average molecular weight is 465 g/mol. The molecule has 1 aromatic heterocycles. The molecule has 172 valence electrons. The number of hydrogen-bond donors (Lipinski definition) is 1. The molecule has 1 N–H and O–H groups in total. The minimum Gasteiger partial charge on any atom is -0.477 e. The van der Waals surface area contributed by atoms with Gasteiger partial charge < -0.3 is 19.7 Å². The van der Waals surface area contributed by atoms with Crippen LogP contribution in [-0.4, -0.2) is 62.4 Å². The zero-order valence-corrected chi connectivity index (χ0v) is 18.9. The first-order valence-corrected chi connectivity index (χ1v) is 12.1. The highest BCUT2D eigenvalue weighted by atomic mass is 32.2. The van der Waals surface area contributed by atoms with Gasteiger partial charge in [-0.25, -0.2) is 27.6 Å². The molecule has 1 aliphatic carbocycles. The van der Waals surface area contributed by atoms with Gasteiger partial charge in [0.2, 0.25) is 5.88 Å². The summed E-state index contributed by atoms with van der Waals surface area (Å²) in [4.78, 5) is 21.7. The molecule has 1 saturated heterocycles. The van der Waals surface area contributed by atoms with Gasteiger partial charge in [0, 0.05) is 24.8 Å². The van der Waals surface area contributed by atoms with Crippen LogP contribution in [0.5, 0.6) is 5.88 Å². The Hall–Kier alpha value is -2.95. The van der Waals surface area contributed by atoms with Crippen molar-refractivity contribution < 1.29 is 27.1 Å². The Morgan fingerprint density at radius 3 is 2.81 bits per heavy atom. The molecule has 2 fully saturated rings. The number of methoxy groups -OCH3 is 1. The van der Waals surface area contributed by atoms with Gasteiger partial charge in [0.25, 0.3) is 0 Å². The summed E-state index contributed by atoms with van der Waals surface area (Å²) in [6.07, 6.45) is 3.87. The Morgan fingerprint density at radius 1 is 1.38 bits per heavy atom. The van der Waals surface area contributed by atoms with Crippen LogP contribution in [0.25, 0.3) is 0 Å². The molecule has 2 aromatic rings. The summed E-state index contributed by atoms with van der Waals surface area (Å²) in [7, 11) is -2.12. The number of sulfone groups is 1. The number of piperidine rings is 1. The molecule has 2 unspecified atom stereocenters. The van der Waals surface area contributed by atoms with Gasteiger partial charge >= 0.3 is 6.09 Å². The molecule has 0 bridgehead atoms. The van der Waals surface area contributed by atoms with Crippen molar-refractivity contribution in [3.05, 3.63) is 35.9 Å². The molecule has 1 amide bonds. The van der Waals surface area contributed by atoms with Crippen LogP contribution in [0.2, 0.25) is 0 Å². The summed E-state index contributed by atoms with van der Waals surface area (Å²) in [6, 6.07) is 3.66. The van der Waals surface area contributed by atoms with Crippen molar-refractivity contribution in [1.82, 2.24) is 14.9 Å². The molecular formula is C21H25FN4O5S. The first kappa shape index (κ1) is 22.3. The Labute approximate surface area is 185 Å². The number of aromatic nitrogens is 2. The Morgan fingerprint density at radius 2 is 2.16 bits per heavy atom. The number of likely N-dealkylation sites (tertiary alicyclic amines) is 1. The predicted molar refractivity (Wildman–Crippen MR) is 114 cm³/mol. The number of amides is 1. The minimum atomic E-state index is -3.50. The average Bonchev–Trinajstić information content (AvgIpc) is 3.48.